The number of halogens is 4. The first-order valence-electron chi connectivity index (χ1n) is 5.91. The zero-order chi connectivity index (χ0) is 14.5. The molecular weight excluding hydrogens is 281 g/mol. The third-order valence-electron chi connectivity index (χ3n) is 2.66. The van der Waals surface area contributed by atoms with E-state index in [9.17, 15) is 13.2 Å². The summed E-state index contributed by atoms with van der Waals surface area (Å²) in [7, 11) is 1.72. The van der Waals surface area contributed by atoms with Crippen LogP contribution >= 0.6 is 11.6 Å². The molecule has 0 saturated heterocycles. The average Bonchev–Trinajstić information content (AvgIpc) is 2.33. The minimum atomic E-state index is -4.44. The van der Waals surface area contributed by atoms with Crippen molar-refractivity contribution in [2.45, 2.75) is 25.4 Å². The van der Waals surface area contributed by atoms with Crippen molar-refractivity contribution >= 4 is 17.4 Å². The number of alkyl halides is 3. The molecule has 0 radical (unpaired) electrons. The molecular formula is C12H16ClF3N2O. The standard InChI is InChI=1S/C12H16ClF3N2O/c1-18(5-3-2-4-6-19)11-10(13)7-9(8-17-11)12(14,15)16/h7-8,19H,2-6H2,1H3. The topological polar surface area (TPSA) is 36.4 Å². The second-order valence-electron chi connectivity index (χ2n) is 4.23. The number of rotatable bonds is 6. The molecule has 0 spiro atoms. The Bertz CT molecular complexity index is 412. The lowest BCUT2D eigenvalue weighted by atomic mass is 10.2. The van der Waals surface area contributed by atoms with E-state index >= 15 is 0 Å². The first-order valence-corrected chi connectivity index (χ1v) is 6.29. The van der Waals surface area contributed by atoms with Crippen LogP contribution in [0.4, 0.5) is 19.0 Å². The van der Waals surface area contributed by atoms with E-state index in [1.165, 1.54) is 0 Å². The molecule has 0 atom stereocenters. The highest BCUT2D eigenvalue weighted by Crippen LogP contribution is 2.33. The number of hydrogen-bond acceptors (Lipinski definition) is 3. The summed E-state index contributed by atoms with van der Waals surface area (Å²) in [5.74, 6) is 0.332. The fourth-order valence-corrected chi connectivity index (χ4v) is 1.92. The van der Waals surface area contributed by atoms with Gasteiger partial charge in [-0.25, -0.2) is 4.98 Å². The Kier molecular flexibility index (Phi) is 5.87. The number of nitrogens with zero attached hydrogens (tertiary/aromatic N) is 2. The lowest BCUT2D eigenvalue weighted by Gasteiger charge is -2.20. The molecule has 0 unspecified atom stereocenters. The highest BCUT2D eigenvalue weighted by Gasteiger charge is 2.31. The van der Waals surface area contributed by atoms with Crippen LogP contribution in [0.2, 0.25) is 5.02 Å². The summed E-state index contributed by atoms with van der Waals surface area (Å²) in [5.41, 5.74) is -0.852. The molecule has 1 heterocycles. The number of pyridine rings is 1. The van der Waals surface area contributed by atoms with E-state index < -0.39 is 11.7 Å². The molecule has 3 nitrogen and oxygen atoms in total. The van der Waals surface area contributed by atoms with Crippen LogP contribution in [-0.4, -0.2) is 30.3 Å². The van der Waals surface area contributed by atoms with Crippen LogP contribution < -0.4 is 4.90 Å². The van der Waals surface area contributed by atoms with E-state index in [-0.39, 0.29) is 11.6 Å². The van der Waals surface area contributed by atoms with Gasteiger partial charge in [-0.3, -0.25) is 0 Å². The van der Waals surface area contributed by atoms with Gasteiger partial charge in [0.05, 0.1) is 10.6 Å². The SMILES string of the molecule is CN(CCCCCO)c1ncc(C(F)(F)F)cc1Cl. The molecule has 0 aliphatic carbocycles. The van der Waals surface area contributed by atoms with Crippen molar-refractivity contribution in [1.29, 1.82) is 0 Å². The molecule has 0 amide bonds. The molecule has 0 bridgehead atoms. The summed E-state index contributed by atoms with van der Waals surface area (Å²) in [4.78, 5) is 5.48. The number of aliphatic hydroxyl groups excluding tert-OH is 1. The van der Waals surface area contributed by atoms with Gasteiger partial charge >= 0.3 is 6.18 Å². The minimum Gasteiger partial charge on any atom is -0.396 e. The Balaban J connectivity index is 2.68. The molecule has 1 aromatic rings. The maximum Gasteiger partial charge on any atom is 0.417 e. The first-order chi connectivity index (χ1) is 8.86. The van der Waals surface area contributed by atoms with Crippen molar-refractivity contribution in [3.8, 4) is 0 Å². The van der Waals surface area contributed by atoms with Crippen molar-refractivity contribution in [3.05, 3.63) is 22.8 Å². The lowest BCUT2D eigenvalue weighted by Crippen LogP contribution is -2.20. The first kappa shape index (κ1) is 16.0. The third-order valence-corrected chi connectivity index (χ3v) is 2.94. The lowest BCUT2D eigenvalue weighted by molar-refractivity contribution is -0.137. The molecule has 19 heavy (non-hydrogen) atoms. The van der Waals surface area contributed by atoms with Gasteiger partial charge in [0.1, 0.15) is 5.82 Å². The molecule has 1 N–H and O–H groups in total. The normalized spacial score (nSPS) is 11.7. The van der Waals surface area contributed by atoms with Gasteiger partial charge in [0.15, 0.2) is 0 Å². The summed E-state index contributed by atoms with van der Waals surface area (Å²) in [6, 6.07) is 0.883. The quantitative estimate of drug-likeness (QED) is 0.818. The van der Waals surface area contributed by atoms with E-state index in [2.05, 4.69) is 4.98 Å². The van der Waals surface area contributed by atoms with Gasteiger partial charge in [0.2, 0.25) is 0 Å². The second-order valence-corrected chi connectivity index (χ2v) is 4.64. The van der Waals surface area contributed by atoms with E-state index in [1.807, 2.05) is 0 Å². The van der Waals surface area contributed by atoms with Crippen molar-refractivity contribution < 1.29 is 18.3 Å². The van der Waals surface area contributed by atoms with Crippen LogP contribution in [0.3, 0.4) is 0 Å². The molecule has 108 valence electrons. The van der Waals surface area contributed by atoms with Gasteiger partial charge in [-0.1, -0.05) is 11.6 Å². The van der Waals surface area contributed by atoms with Gasteiger partial charge in [-0.2, -0.15) is 13.2 Å². The predicted octanol–water partition coefficient (Wildman–Crippen LogP) is 3.35. The van der Waals surface area contributed by atoms with Gasteiger partial charge < -0.3 is 10.0 Å². The van der Waals surface area contributed by atoms with Crippen molar-refractivity contribution in [2.75, 3.05) is 25.1 Å². The van der Waals surface area contributed by atoms with E-state index in [4.69, 9.17) is 16.7 Å². The van der Waals surface area contributed by atoms with Crippen molar-refractivity contribution in [3.63, 3.8) is 0 Å². The van der Waals surface area contributed by atoms with Gasteiger partial charge in [0, 0.05) is 26.4 Å². The molecule has 0 aromatic carbocycles. The Morgan fingerprint density at radius 2 is 2.00 bits per heavy atom. The van der Waals surface area contributed by atoms with Crippen LogP contribution in [0.5, 0.6) is 0 Å². The van der Waals surface area contributed by atoms with Crippen LogP contribution in [0, 0.1) is 0 Å². The highest BCUT2D eigenvalue weighted by molar-refractivity contribution is 6.33. The minimum absolute atomic E-state index is 0.0144. The van der Waals surface area contributed by atoms with Gasteiger partial charge in [-0.15, -0.1) is 0 Å². The number of aliphatic hydroxyl groups is 1. The molecule has 1 rings (SSSR count). The zero-order valence-electron chi connectivity index (χ0n) is 10.5. The summed E-state index contributed by atoms with van der Waals surface area (Å²) < 4.78 is 37.4. The molecule has 0 saturated carbocycles. The second kappa shape index (κ2) is 6.96. The summed E-state index contributed by atoms with van der Waals surface area (Å²) in [6.07, 6.45) is -1.28. The average molecular weight is 297 g/mol. The third kappa shape index (κ3) is 4.87. The number of aromatic nitrogens is 1. The van der Waals surface area contributed by atoms with Crippen LogP contribution in [0.15, 0.2) is 12.3 Å². The fourth-order valence-electron chi connectivity index (χ4n) is 1.61. The molecule has 0 aliphatic heterocycles. The molecule has 0 aliphatic rings. The summed E-state index contributed by atoms with van der Waals surface area (Å²) in [5, 5.41) is 8.63. The summed E-state index contributed by atoms with van der Waals surface area (Å²) in [6.45, 7) is 0.765. The van der Waals surface area contributed by atoms with Crippen LogP contribution in [-0.2, 0) is 6.18 Å². The fraction of sp³-hybridized carbons (Fsp3) is 0.583. The number of unbranched alkanes of at least 4 members (excludes halogenated alkanes) is 2. The largest absolute Gasteiger partial charge is 0.417 e. The highest BCUT2D eigenvalue weighted by atomic mass is 35.5. The van der Waals surface area contributed by atoms with Gasteiger partial charge in [-0.05, 0) is 25.3 Å². The van der Waals surface area contributed by atoms with Gasteiger partial charge in [0.25, 0.3) is 0 Å². The monoisotopic (exact) mass is 296 g/mol. The maximum atomic E-state index is 12.5. The Labute approximate surface area is 115 Å². The van der Waals surface area contributed by atoms with E-state index in [0.717, 1.165) is 25.1 Å². The Morgan fingerprint density at radius 3 is 2.53 bits per heavy atom. The molecule has 1 aromatic heterocycles. The van der Waals surface area contributed by atoms with Crippen molar-refractivity contribution in [2.24, 2.45) is 0 Å². The van der Waals surface area contributed by atoms with E-state index in [1.54, 1.807) is 11.9 Å². The molecule has 0 fully saturated rings. The molecule has 7 heteroatoms. The van der Waals surface area contributed by atoms with Crippen LogP contribution in [0.1, 0.15) is 24.8 Å². The Hall–Kier alpha value is -1.01. The summed E-state index contributed by atoms with van der Waals surface area (Å²) >= 11 is 5.83. The number of anilines is 1. The zero-order valence-corrected chi connectivity index (χ0v) is 11.3. The van der Waals surface area contributed by atoms with E-state index in [0.29, 0.717) is 18.8 Å². The predicted molar refractivity (Wildman–Crippen MR) is 68.5 cm³/mol. The smallest absolute Gasteiger partial charge is 0.396 e. The number of hydrogen-bond donors (Lipinski definition) is 1. The van der Waals surface area contributed by atoms with Crippen molar-refractivity contribution in [1.82, 2.24) is 4.98 Å². The Morgan fingerprint density at radius 1 is 1.32 bits per heavy atom. The maximum absolute atomic E-state index is 12.5. The van der Waals surface area contributed by atoms with Crippen LogP contribution in [0.25, 0.3) is 0 Å².